The van der Waals surface area contributed by atoms with E-state index in [4.69, 9.17) is 5.21 Å². The van der Waals surface area contributed by atoms with Crippen molar-refractivity contribution in [3.8, 4) is 0 Å². The van der Waals surface area contributed by atoms with Crippen molar-refractivity contribution in [2.45, 2.75) is 18.8 Å². The number of nitrogens with one attached hydrogen (secondary N) is 1. The minimum absolute atomic E-state index is 0.0712. The summed E-state index contributed by atoms with van der Waals surface area (Å²) in [5, 5.41) is 8.78. The standard InChI is InChI=1S/C20H24N2O2/c23-20(21-24)18-11-13-22(14-12-18)15-19(16-7-3-1-4-8-16)17-9-5-2-6-10-17/h1-10,18-19,24H,11-15H2,(H,21,23). The maximum absolute atomic E-state index is 11.6. The number of nitrogens with zero attached hydrogens (tertiary/aromatic N) is 1. The normalized spacial score (nSPS) is 16.2. The van der Waals surface area contributed by atoms with E-state index in [-0.39, 0.29) is 11.8 Å². The molecule has 0 unspecified atom stereocenters. The Labute approximate surface area is 143 Å². The molecule has 2 aromatic carbocycles. The van der Waals surface area contributed by atoms with Gasteiger partial charge in [-0.25, -0.2) is 5.48 Å². The maximum atomic E-state index is 11.6. The van der Waals surface area contributed by atoms with Crippen LogP contribution in [0, 0.1) is 5.92 Å². The zero-order valence-electron chi connectivity index (χ0n) is 13.8. The molecule has 4 nitrogen and oxygen atoms in total. The van der Waals surface area contributed by atoms with Gasteiger partial charge in [0.15, 0.2) is 0 Å². The summed E-state index contributed by atoms with van der Waals surface area (Å²) >= 11 is 0. The fourth-order valence-electron chi connectivity index (χ4n) is 3.50. The summed E-state index contributed by atoms with van der Waals surface area (Å²) in [7, 11) is 0. The number of amides is 1. The van der Waals surface area contributed by atoms with E-state index in [2.05, 4.69) is 53.4 Å². The molecule has 1 aliphatic rings. The van der Waals surface area contributed by atoms with E-state index in [1.807, 2.05) is 12.1 Å². The summed E-state index contributed by atoms with van der Waals surface area (Å²) in [6.45, 7) is 2.71. The Bertz CT molecular complexity index is 598. The Kier molecular flexibility index (Phi) is 5.62. The van der Waals surface area contributed by atoms with Crippen LogP contribution < -0.4 is 5.48 Å². The molecule has 0 radical (unpaired) electrons. The first-order valence-electron chi connectivity index (χ1n) is 8.54. The van der Waals surface area contributed by atoms with Crippen LogP contribution in [0.3, 0.4) is 0 Å². The van der Waals surface area contributed by atoms with E-state index in [0.717, 1.165) is 32.5 Å². The van der Waals surface area contributed by atoms with Crippen LogP contribution in [0.5, 0.6) is 0 Å². The van der Waals surface area contributed by atoms with Crippen molar-refractivity contribution in [1.82, 2.24) is 10.4 Å². The highest BCUT2D eigenvalue weighted by molar-refractivity contribution is 5.77. The van der Waals surface area contributed by atoms with Crippen molar-refractivity contribution in [3.05, 3.63) is 71.8 Å². The summed E-state index contributed by atoms with van der Waals surface area (Å²) in [6, 6.07) is 21.2. The number of piperidine rings is 1. The van der Waals surface area contributed by atoms with E-state index in [1.165, 1.54) is 11.1 Å². The van der Waals surface area contributed by atoms with Crippen molar-refractivity contribution in [3.63, 3.8) is 0 Å². The molecule has 1 saturated heterocycles. The molecule has 1 amide bonds. The highest BCUT2D eigenvalue weighted by atomic mass is 16.5. The molecule has 2 N–H and O–H groups in total. The lowest BCUT2D eigenvalue weighted by atomic mass is 9.89. The molecule has 0 atom stereocenters. The molecule has 2 aromatic rings. The van der Waals surface area contributed by atoms with Gasteiger partial charge < -0.3 is 4.90 Å². The van der Waals surface area contributed by atoms with Gasteiger partial charge in [-0.15, -0.1) is 0 Å². The van der Waals surface area contributed by atoms with Gasteiger partial charge in [0.25, 0.3) is 0 Å². The van der Waals surface area contributed by atoms with Crippen LogP contribution in [0.15, 0.2) is 60.7 Å². The minimum Gasteiger partial charge on any atom is -0.302 e. The zero-order chi connectivity index (χ0) is 16.8. The second-order valence-electron chi connectivity index (χ2n) is 6.42. The number of carbonyl (C=O) groups is 1. The van der Waals surface area contributed by atoms with Crippen LogP contribution >= 0.6 is 0 Å². The van der Waals surface area contributed by atoms with E-state index < -0.39 is 0 Å². The van der Waals surface area contributed by atoms with Gasteiger partial charge in [-0.3, -0.25) is 10.0 Å². The smallest absolute Gasteiger partial charge is 0.246 e. The third-order valence-electron chi connectivity index (χ3n) is 4.91. The average molecular weight is 324 g/mol. The van der Waals surface area contributed by atoms with Crippen LogP contribution in [-0.2, 0) is 4.79 Å². The van der Waals surface area contributed by atoms with Crippen molar-refractivity contribution >= 4 is 5.91 Å². The third-order valence-corrected chi connectivity index (χ3v) is 4.91. The summed E-state index contributed by atoms with van der Waals surface area (Å²) in [5.74, 6) is 0.00564. The van der Waals surface area contributed by atoms with E-state index >= 15 is 0 Å². The molecule has 0 spiro atoms. The second-order valence-corrected chi connectivity index (χ2v) is 6.42. The number of likely N-dealkylation sites (tertiary alicyclic amines) is 1. The molecule has 126 valence electrons. The fraction of sp³-hybridized carbons (Fsp3) is 0.350. The van der Waals surface area contributed by atoms with Gasteiger partial charge in [0.1, 0.15) is 0 Å². The molecule has 4 heteroatoms. The van der Waals surface area contributed by atoms with Crippen LogP contribution in [0.4, 0.5) is 0 Å². The predicted octanol–water partition coefficient (Wildman–Crippen LogP) is 3.04. The Morgan fingerprint density at radius 1 is 1.00 bits per heavy atom. The number of carbonyl (C=O) groups excluding carboxylic acids is 1. The minimum atomic E-state index is -0.252. The fourth-order valence-corrected chi connectivity index (χ4v) is 3.50. The first kappa shape index (κ1) is 16.7. The first-order chi connectivity index (χ1) is 11.8. The van der Waals surface area contributed by atoms with Gasteiger partial charge in [-0.2, -0.15) is 0 Å². The number of hydrogen-bond donors (Lipinski definition) is 2. The topological polar surface area (TPSA) is 52.6 Å². The Morgan fingerprint density at radius 3 is 1.96 bits per heavy atom. The Hall–Kier alpha value is -2.17. The molecule has 1 fully saturated rings. The van der Waals surface area contributed by atoms with Crippen LogP contribution in [-0.4, -0.2) is 35.6 Å². The van der Waals surface area contributed by atoms with Crippen molar-refractivity contribution < 1.29 is 10.0 Å². The SMILES string of the molecule is O=C(NO)C1CCN(CC(c2ccccc2)c2ccccc2)CC1. The zero-order valence-corrected chi connectivity index (χ0v) is 13.8. The van der Waals surface area contributed by atoms with Gasteiger partial charge >= 0.3 is 0 Å². The maximum Gasteiger partial charge on any atom is 0.246 e. The highest BCUT2D eigenvalue weighted by Crippen LogP contribution is 2.27. The van der Waals surface area contributed by atoms with Gasteiger partial charge in [0.2, 0.25) is 5.91 Å². The molecule has 0 aromatic heterocycles. The van der Waals surface area contributed by atoms with Gasteiger partial charge in [0, 0.05) is 18.4 Å². The monoisotopic (exact) mass is 324 g/mol. The summed E-state index contributed by atoms with van der Waals surface area (Å²) < 4.78 is 0. The van der Waals surface area contributed by atoms with Crippen molar-refractivity contribution in [2.24, 2.45) is 5.92 Å². The Morgan fingerprint density at radius 2 is 1.50 bits per heavy atom. The molecular formula is C20H24N2O2. The molecule has 0 saturated carbocycles. The van der Waals surface area contributed by atoms with E-state index in [9.17, 15) is 4.79 Å². The lowest BCUT2D eigenvalue weighted by molar-refractivity contribution is -0.134. The molecule has 1 heterocycles. The third kappa shape index (κ3) is 4.02. The summed E-state index contributed by atoms with van der Waals surface area (Å²) in [6.07, 6.45) is 1.59. The number of benzene rings is 2. The lowest BCUT2D eigenvalue weighted by Crippen LogP contribution is -2.41. The first-order valence-corrected chi connectivity index (χ1v) is 8.54. The predicted molar refractivity (Wildman–Crippen MR) is 93.8 cm³/mol. The molecule has 0 bridgehead atoms. The lowest BCUT2D eigenvalue weighted by Gasteiger charge is -2.33. The molecule has 1 aliphatic heterocycles. The number of hydroxylamine groups is 1. The van der Waals surface area contributed by atoms with Crippen LogP contribution in [0.25, 0.3) is 0 Å². The number of hydrogen-bond acceptors (Lipinski definition) is 3. The van der Waals surface area contributed by atoms with Gasteiger partial charge in [-0.1, -0.05) is 60.7 Å². The summed E-state index contributed by atoms with van der Waals surface area (Å²) in [5.41, 5.74) is 4.42. The molecule has 0 aliphatic carbocycles. The number of rotatable bonds is 5. The highest BCUT2D eigenvalue weighted by Gasteiger charge is 2.26. The van der Waals surface area contributed by atoms with Gasteiger partial charge in [0.05, 0.1) is 0 Å². The van der Waals surface area contributed by atoms with Crippen molar-refractivity contribution in [1.29, 1.82) is 0 Å². The average Bonchev–Trinajstić information content (AvgIpc) is 2.67. The quantitative estimate of drug-likeness (QED) is 0.656. The van der Waals surface area contributed by atoms with Crippen molar-refractivity contribution in [2.75, 3.05) is 19.6 Å². The van der Waals surface area contributed by atoms with Crippen LogP contribution in [0.1, 0.15) is 29.9 Å². The van der Waals surface area contributed by atoms with Crippen LogP contribution in [0.2, 0.25) is 0 Å². The summed E-state index contributed by atoms with van der Waals surface area (Å²) in [4.78, 5) is 14.0. The largest absolute Gasteiger partial charge is 0.302 e. The van der Waals surface area contributed by atoms with E-state index in [1.54, 1.807) is 5.48 Å². The second kappa shape index (κ2) is 8.08. The molecule has 3 rings (SSSR count). The Balaban J connectivity index is 1.71. The van der Waals surface area contributed by atoms with Gasteiger partial charge in [-0.05, 0) is 37.1 Å². The van der Waals surface area contributed by atoms with E-state index in [0.29, 0.717) is 5.92 Å². The molecule has 24 heavy (non-hydrogen) atoms. The molecular weight excluding hydrogens is 300 g/mol.